The summed E-state index contributed by atoms with van der Waals surface area (Å²) in [5.74, 6) is 0.488. The van der Waals surface area contributed by atoms with Crippen molar-refractivity contribution < 1.29 is 4.79 Å². The van der Waals surface area contributed by atoms with E-state index in [1.165, 1.54) is 6.33 Å². The lowest BCUT2D eigenvalue weighted by molar-refractivity contribution is -0.116. The fourth-order valence-corrected chi connectivity index (χ4v) is 1.61. The molecule has 0 fully saturated rings. The maximum Gasteiger partial charge on any atom is 0.227 e. The molecule has 2 rings (SSSR count). The highest BCUT2D eigenvalue weighted by atomic mass is 16.1. The van der Waals surface area contributed by atoms with Gasteiger partial charge >= 0.3 is 0 Å². The molecule has 2 aromatic heterocycles. The Morgan fingerprint density at radius 3 is 3.06 bits per heavy atom. The number of nitrogens with one attached hydrogen (secondary N) is 1. The Labute approximate surface area is 105 Å². The molecule has 94 valence electrons. The number of amides is 1. The summed E-state index contributed by atoms with van der Waals surface area (Å²) < 4.78 is 1.66. The van der Waals surface area contributed by atoms with E-state index in [4.69, 9.17) is 0 Å². The van der Waals surface area contributed by atoms with E-state index >= 15 is 0 Å². The second kappa shape index (κ2) is 5.39. The summed E-state index contributed by atoms with van der Waals surface area (Å²) in [5, 5.41) is 6.76. The number of nitrogens with zero attached hydrogens (tertiary/aromatic N) is 4. The lowest BCUT2D eigenvalue weighted by Gasteiger charge is -2.11. The molecule has 0 aliphatic rings. The van der Waals surface area contributed by atoms with Crippen LogP contribution in [0.4, 0.5) is 5.82 Å². The Morgan fingerprint density at radius 2 is 2.39 bits per heavy atom. The lowest BCUT2D eigenvalue weighted by atomic mass is 10.2. The van der Waals surface area contributed by atoms with Crippen LogP contribution in [0.3, 0.4) is 0 Å². The summed E-state index contributed by atoms with van der Waals surface area (Å²) in [6.45, 7) is 3.87. The minimum Gasteiger partial charge on any atom is -0.311 e. The van der Waals surface area contributed by atoms with E-state index in [2.05, 4.69) is 20.4 Å². The monoisotopic (exact) mass is 245 g/mol. The van der Waals surface area contributed by atoms with Crippen LogP contribution in [-0.4, -0.2) is 25.7 Å². The maximum absolute atomic E-state index is 11.8. The molecule has 0 spiro atoms. The molecule has 6 nitrogen and oxygen atoms in total. The Morgan fingerprint density at radius 1 is 1.56 bits per heavy atom. The van der Waals surface area contributed by atoms with Crippen molar-refractivity contribution in [3.63, 3.8) is 0 Å². The van der Waals surface area contributed by atoms with E-state index in [-0.39, 0.29) is 11.9 Å². The van der Waals surface area contributed by atoms with Gasteiger partial charge in [0.15, 0.2) is 0 Å². The third-order valence-corrected chi connectivity index (χ3v) is 2.55. The summed E-state index contributed by atoms with van der Waals surface area (Å²) in [6, 6.07) is 3.68. The van der Waals surface area contributed by atoms with E-state index < -0.39 is 0 Å². The van der Waals surface area contributed by atoms with Gasteiger partial charge < -0.3 is 5.32 Å². The first-order valence-corrected chi connectivity index (χ1v) is 5.72. The van der Waals surface area contributed by atoms with Gasteiger partial charge in [-0.25, -0.2) is 14.6 Å². The van der Waals surface area contributed by atoms with Gasteiger partial charge in [-0.1, -0.05) is 0 Å². The molecule has 6 heteroatoms. The molecule has 0 aliphatic heterocycles. The van der Waals surface area contributed by atoms with Crippen molar-refractivity contribution in [3.8, 4) is 0 Å². The average molecular weight is 245 g/mol. The number of anilines is 1. The lowest BCUT2D eigenvalue weighted by Crippen LogP contribution is -2.18. The van der Waals surface area contributed by atoms with Crippen LogP contribution < -0.4 is 5.32 Å². The van der Waals surface area contributed by atoms with Gasteiger partial charge in [-0.3, -0.25) is 4.79 Å². The number of rotatable bonds is 4. The number of aromatic nitrogens is 4. The standard InChI is InChI=1S/C12H15N5O/c1-9-3-4-14-11(5-9)16-12(18)6-10(2)17-8-13-7-15-17/h3-5,7-8,10H,6H2,1-2H3,(H,14,16,18)/t10-/m1/s1. The Bertz CT molecular complexity index is 523. The fourth-order valence-electron chi connectivity index (χ4n) is 1.61. The van der Waals surface area contributed by atoms with Crippen LogP contribution in [0, 0.1) is 6.92 Å². The largest absolute Gasteiger partial charge is 0.311 e. The van der Waals surface area contributed by atoms with E-state index in [1.807, 2.05) is 26.0 Å². The number of hydrogen-bond acceptors (Lipinski definition) is 4. The summed E-state index contributed by atoms with van der Waals surface area (Å²) in [7, 11) is 0. The smallest absolute Gasteiger partial charge is 0.227 e. The molecule has 2 aromatic rings. The number of carbonyl (C=O) groups excluding carboxylic acids is 1. The van der Waals surface area contributed by atoms with Gasteiger partial charge in [0.05, 0.1) is 6.04 Å². The second-order valence-corrected chi connectivity index (χ2v) is 4.20. The summed E-state index contributed by atoms with van der Waals surface area (Å²) >= 11 is 0. The first kappa shape index (κ1) is 12.2. The van der Waals surface area contributed by atoms with Crippen LogP contribution in [0.5, 0.6) is 0 Å². The van der Waals surface area contributed by atoms with E-state index in [0.717, 1.165) is 5.56 Å². The van der Waals surface area contributed by atoms with Gasteiger partial charge in [-0.05, 0) is 31.5 Å². The third-order valence-electron chi connectivity index (χ3n) is 2.55. The molecular weight excluding hydrogens is 230 g/mol. The van der Waals surface area contributed by atoms with Gasteiger partial charge in [0, 0.05) is 12.6 Å². The van der Waals surface area contributed by atoms with Crippen molar-refractivity contribution >= 4 is 11.7 Å². The molecule has 0 bridgehead atoms. The van der Waals surface area contributed by atoms with Crippen molar-refractivity contribution in [2.45, 2.75) is 26.3 Å². The minimum atomic E-state index is -0.0869. The van der Waals surface area contributed by atoms with Crippen LogP contribution >= 0.6 is 0 Å². The predicted molar refractivity (Wildman–Crippen MR) is 67.0 cm³/mol. The molecule has 0 aliphatic carbocycles. The topological polar surface area (TPSA) is 72.7 Å². The zero-order valence-electron chi connectivity index (χ0n) is 10.4. The van der Waals surface area contributed by atoms with Crippen molar-refractivity contribution in [1.29, 1.82) is 0 Å². The van der Waals surface area contributed by atoms with Gasteiger partial charge in [0.2, 0.25) is 5.91 Å². The molecule has 1 atom stereocenters. The molecule has 0 saturated heterocycles. The fraction of sp³-hybridized carbons (Fsp3) is 0.333. The summed E-state index contributed by atoms with van der Waals surface area (Å²) in [6.07, 6.45) is 5.06. The van der Waals surface area contributed by atoms with Gasteiger partial charge in [0.25, 0.3) is 0 Å². The highest BCUT2D eigenvalue weighted by Gasteiger charge is 2.11. The molecule has 0 saturated carbocycles. The maximum atomic E-state index is 11.8. The van der Waals surface area contributed by atoms with Crippen molar-refractivity contribution in [2.24, 2.45) is 0 Å². The Balaban J connectivity index is 1.93. The second-order valence-electron chi connectivity index (χ2n) is 4.20. The van der Waals surface area contributed by atoms with Crippen molar-refractivity contribution in [2.75, 3.05) is 5.32 Å². The van der Waals surface area contributed by atoms with E-state index in [1.54, 1.807) is 17.2 Å². The molecule has 0 aromatic carbocycles. The summed E-state index contributed by atoms with van der Waals surface area (Å²) in [4.78, 5) is 19.8. The van der Waals surface area contributed by atoms with Crippen molar-refractivity contribution in [3.05, 3.63) is 36.5 Å². The highest BCUT2D eigenvalue weighted by molar-refractivity contribution is 5.90. The van der Waals surface area contributed by atoms with Gasteiger partial charge in [-0.15, -0.1) is 0 Å². The third kappa shape index (κ3) is 3.13. The highest BCUT2D eigenvalue weighted by Crippen LogP contribution is 2.11. The predicted octanol–water partition coefficient (Wildman–Crippen LogP) is 1.57. The average Bonchev–Trinajstić information content (AvgIpc) is 2.81. The number of hydrogen-bond donors (Lipinski definition) is 1. The van der Waals surface area contributed by atoms with E-state index in [9.17, 15) is 4.79 Å². The Hall–Kier alpha value is -2.24. The zero-order chi connectivity index (χ0) is 13.0. The van der Waals surface area contributed by atoms with Crippen LogP contribution in [0.1, 0.15) is 24.9 Å². The zero-order valence-corrected chi connectivity index (χ0v) is 10.4. The summed E-state index contributed by atoms with van der Waals surface area (Å²) in [5.41, 5.74) is 1.06. The van der Waals surface area contributed by atoms with Gasteiger partial charge in [0.1, 0.15) is 18.5 Å². The normalized spacial score (nSPS) is 12.1. The van der Waals surface area contributed by atoms with Crippen molar-refractivity contribution in [1.82, 2.24) is 19.7 Å². The molecule has 0 radical (unpaired) electrons. The first-order valence-electron chi connectivity index (χ1n) is 5.72. The van der Waals surface area contributed by atoms with Crippen LogP contribution in [0.25, 0.3) is 0 Å². The quantitative estimate of drug-likeness (QED) is 0.887. The van der Waals surface area contributed by atoms with Crippen LogP contribution in [0.15, 0.2) is 31.0 Å². The number of aryl methyl sites for hydroxylation is 1. The molecule has 0 unspecified atom stereocenters. The number of carbonyl (C=O) groups is 1. The minimum absolute atomic E-state index is 0.0303. The number of pyridine rings is 1. The molecular formula is C12H15N5O. The molecule has 1 N–H and O–H groups in total. The van der Waals surface area contributed by atoms with Crippen LogP contribution in [0.2, 0.25) is 0 Å². The SMILES string of the molecule is Cc1ccnc(NC(=O)C[C@@H](C)n2cncn2)c1. The molecule has 2 heterocycles. The molecule has 1 amide bonds. The van der Waals surface area contributed by atoms with Crippen LogP contribution in [-0.2, 0) is 4.79 Å². The Kier molecular flexibility index (Phi) is 3.66. The van der Waals surface area contributed by atoms with Gasteiger partial charge in [-0.2, -0.15) is 5.10 Å². The van der Waals surface area contributed by atoms with E-state index in [0.29, 0.717) is 12.2 Å². The first-order chi connectivity index (χ1) is 8.65. The molecule has 18 heavy (non-hydrogen) atoms.